The zero-order valence-electron chi connectivity index (χ0n) is 13.3. The minimum absolute atomic E-state index is 0.177. The van der Waals surface area contributed by atoms with E-state index >= 15 is 0 Å². The van der Waals surface area contributed by atoms with Gasteiger partial charge in [-0.25, -0.2) is 0 Å². The Morgan fingerprint density at radius 2 is 1.84 bits per heavy atom. The Balaban J connectivity index is 4.61. The number of aliphatic hydroxyl groups is 1. The molecule has 114 valence electrons. The van der Waals surface area contributed by atoms with E-state index in [4.69, 9.17) is 11.6 Å². The SMILES string of the molecule is C=C[C@@](CC)(CCCCCC)C(O)C(Cl)CC(C)C. The number of unbranched alkanes of at least 4 members (excludes halogenated alkanes) is 3. The third kappa shape index (κ3) is 6.31. The van der Waals surface area contributed by atoms with Gasteiger partial charge in [-0.1, -0.05) is 59.5 Å². The third-order valence-corrected chi connectivity index (χ3v) is 4.61. The zero-order valence-corrected chi connectivity index (χ0v) is 14.0. The van der Waals surface area contributed by atoms with Gasteiger partial charge in [-0.2, -0.15) is 0 Å². The molecule has 1 nitrogen and oxygen atoms in total. The molecule has 0 rings (SSSR count). The van der Waals surface area contributed by atoms with Crippen molar-refractivity contribution in [3.8, 4) is 0 Å². The molecule has 0 saturated carbocycles. The van der Waals surface area contributed by atoms with Crippen LogP contribution in [0.15, 0.2) is 12.7 Å². The van der Waals surface area contributed by atoms with Crippen molar-refractivity contribution < 1.29 is 5.11 Å². The fourth-order valence-corrected chi connectivity index (χ4v) is 3.33. The maximum atomic E-state index is 10.6. The standard InChI is InChI=1S/C17H33ClO/c1-6-9-10-11-12-17(7-2,8-3)16(19)15(18)13-14(4)5/h7,14-16,19H,2,6,8-13H2,1,3-5H3/t15?,16?,17-/m1/s1. The second-order valence-corrected chi connectivity index (χ2v) is 6.75. The van der Waals surface area contributed by atoms with Crippen LogP contribution >= 0.6 is 11.6 Å². The molecular formula is C17H33ClO. The Morgan fingerprint density at radius 3 is 2.26 bits per heavy atom. The predicted octanol–water partition coefficient (Wildman–Crippen LogP) is 5.55. The van der Waals surface area contributed by atoms with Crippen LogP contribution in [0, 0.1) is 11.3 Å². The fourth-order valence-electron chi connectivity index (χ4n) is 2.72. The van der Waals surface area contributed by atoms with E-state index in [1.54, 1.807) is 0 Å². The maximum absolute atomic E-state index is 10.6. The Hall–Kier alpha value is -0.0100. The molecule has 0 aromatic heterocycles. The highest BCUT2D eigenvalue weighted by Crippen LogP contribution is 2.38. The molecule has 0 heterocycles. The molecular weight excluding hydrogens is 256 g/mol. The number of rotatable bonds is 11. The second-order valence-electron chi connectivity index (χ2n) is 6.19. The van der Waals surface area contributed by atoms with E-state index in [9.17, 15) is 5.11 Å². The van der Waals surface area contributed by atoms with Crippen molar-refractivity contribution in [2.75, 3.05) is 0 Å². The number of alkyl halides is 1. The first-order valence-electron chi connectivity index (χ1n) is 7.89. The van der Waals surface area contributed by atoms with Crippen LogP contribution in [0.1, 0.15) is 72.6 Å². The van der Waals surface area contributed by atoms with Gasteiger partial charge in [0, 0.05) is 5.41 Å². The summed E-state index contributed by atoms with van der Waals surface area (Å²) in [5.74, 6) is 0.511. The van der Waals surface area contributed by atoms with Gasteiger partial charge in [0.25, 0.3) is 0 Å². The zero-order chi connectivity index (χ0) is 14.9. The fraction of sp³-hybridized carbons (Fsp3) is 0.882. The summed E-state index contributed by atoms with van der Waals surface area (Å²) >= 11 is 6.41. The lowest BCUT2D eigenvalue weighted by Crippen LogP contribution is -2.40. The normalized spacial score (nSPS) is 18.1. The van der Waals surface area contributed by atoms with Crippen molar-refractivity contribution in [3.63, 3.8) is 0 Å². The van der Waals surface area contributed by atoms with Gasteiger partial charge in [-0.3, -0.25) is 0 Å². The monoisotopic (exact) mass is 288 g/mol. The molecule has 0 aliphatic carbocycles. The Kier molecular flexibility index (Phi) is 9.82. The topological polar surface area (TPSA) is 20.2 Å². The lowest BCUT2D eigenvalue weighted by molar-refractivity contribution is 0.0397. The molecule has 0 bridgehead atoms. The molecule has 0 fully saturated rings. The summed E-state index contributed by atoms with van der Waals surface area (Å²) < 4.78 is 0. The molecule has 2 unspecified atom stereocenters. The quantitative estimate of drug-likeness (QED) is 0.300. The van der Waals surface area contributed by atoms with Crippen LogP contribution in [0.5, 0.6) is 0 Å². The summed E-state index contributed by atoms with van der Waals surface area (Å²) in [4.78, 5) is 0. The van der Waals surface area contributed by atoms with Gasteiger partial charge in [-0.15, -0.1) is 18.2 Å². The summed E-state index contributed by atoms with van der Waals surface area (Å²) in [6.45, 7) is 12.6. The van der Waals surface area contributed by atoms with Crippen LogP contribution < -0.4 is 0 Å². The van der Waals surface area contributed by atoms with Crippen LogP contribution in [-0.2, 0) is 0 Å². The molecule has 0 saturated heterocycles. The largest absolute Gasteiger partial charge is 0.391 e. The Labute approximate surface area is 125 Å². The van der Waals surface area contributed by atoms with Crippen LogP contribution in [-0.4, -0.2) is 16.6 Å². The van der Waals surface area contributed by atoms with Crippen molar-refractivity contribution in [2.24, 2.45) is 11.3 Å². The van der Waals surface area contributed by atoms with E-state index in [2.05, 4.69) is 34.3 Å². The molecule has 0 aromatic rings. The lowest BCUT2D eigenvalue weighted by atomic mass is 9.73. The average molecular weight is 289 g/mol. The van der Waals surface area contributed by atoms with Gasteiger partial charge in [0.15, 0.2) is 0 Å². The molecule has 0 aliphatic rings. The van der Waals surface area contributed by atoms with Gasteiger partial charge in [0.2, 0.25) is 0 Å². The first kappa shape index (κ1) is 19.0. The maximum Gasteiger partial charge on any atom is 0.0794 e. The van der Waals surface area contributed by atoms with Crippen molar-refractivity contribution in [1.29, 1.82) is 0 Å². The van der Waals surface area contributed by atoms with E-state index in [1.165, 1.54) is 19.3 Å². The van der Waals surface area contributed by atoms with Crippen LogP contribution in [0.3, 0.4) is 0 Å². The Morgan fingerprint density at radius 1 is 1.21 bits per heavy atom. The van der Waals surface area contributed by atoms with E-state index in [1.807, 2.05) is 6.08 Å². The average Bonchev–Trinajstić information content (AvgIpc) is 2.38. The van der Waals surface area contributed by atoms with E-state index in [0.717, 1.165) is 25.7 Å². The van der Waals surface area contributed by atoms with Gasteiger partial charge in [0.05, 0.1) is 11.5 Å². The molecule has 0 amide bonds. The highest BCUT2D eigenvalue weighted by Gasteiger charge is 2.37. The minimum Gasteiger partial charge on any atom is -0.391 e. The highest BCUT2D eigenvalue weighted by molar-refractivity contribution is 6.21. The summed E-state index contributed by atoms with van der Waals surface area (Å²) in [5.41, 5.74) is -0.213. The third-order valence-electron chi connectivity index (χ3n) is 4.19. The number of hydrogen-bond acceptors (Lipinski definition) is 1. The van der Waals surface area contributed by atoms with Gasteiger partial charge in [-0.05, 0) is 25.2 Å². The first-order chi connectivity index (χ1) is 8.93. The van der Waals surface area contributed by atoms with Gasteiger partial charge in [0.1, 0.15) is 0 Å². The molecule has 2 heteroatoms. The Bertz CT molecular complexity index is 239. The molecule has 1 N–H and O–H groups in total. The first-order valence-corrected chi connectivity index (χ1v) is 8.32. The van der Waals surface area contributed by atoms with Crippen molar-refractivity contribution >= 4 is 11.6 Å². The summed E-state index contributed by atoms with van der Waals surface area (Å²) in [6, 6.07) is 0. The lowest BCUT2D eigenvalue weighted by Gasteiger charge is -2.37. The number of halogens is 1. The van der Waals surface area contributed by atoms with Gasteiger partial charge >= 0.3 is 0 Å². The highest BCUT2D eigenvalue weighted by atomic mass is 35.5. The minimum atomic E-state index is -0.485. The van der Waals surface area contributed by atoms with Crippen LogP contribution in [0.4, 0.5) is 0 Å². The van der Waals surface area contributed by atoms with Crippen molar-refractivity contribution in [3.05, 3.63) is 12.7 Å². The molecule has 0 aliphatic heterocycles. The molecule has 19 heavy (non-hydrogen) atoms. The summed E-state index contributed by atoms with van der Waals surface area (Å²) in [7, 11) is 0. The number of aliphatic hydroxyl groups excluding tert-OH is 1. The van der Waals surface area contributed by atoms with E-state index in [0.29, 0.717) is 5.92 Å². The van der Waals surface area contributed by atoms with Crippen molar-refractivity contribution in [2.45, 2.75) is 84.1 Å². The van der Waals surface area contributed by atoms with E-state index in [-0.39, 0.29) is 10.8 Å². The number of hydrogen-bond donors (Lipinski definition) is 1. The van der Waals surface area contributed by atoms with Crippen LogP contribution in [0.25, 0.3) is 0 Å². The molecule has 0 aromatic carbocycles. The van der Waals surface area contributed by atoms with Gasteiger partial charge < -0.3 is 5.11 Å². The summed E-state index contributed by atoms with van der Waals surface area (Å²) in [6.07, 6.45) is 9.10. The molecule has 0 radical (unpaired) electrons. The van der Waals surface area contributed by atoms with Crippen LogP contribution in [0.2, 0.25) is 0 Å². The van der Waals surface area contributed by atoms with Crippen molar-refractivity contribution in [1.82, 2.24) is 0 Å². The molecule has 3 atom stereocenters. The van der Waals surface area contributed by atoms with E-state index < -0.39 is 6.10 Å². The smallest absolute Gasteiger partial charge is 0.0794 e. The second kappa shape index (κ2) is 9.83. The summed E-state index contributed by atoms with van der Waals surface area (Å²) in [5, 5.41) is 10.5. The predicted molar refractivity (Wildman–Crippen MR) is 86.8 cm³/mol. The molecule has 0 spiro atoms.